The summed E-state index contributed by atoms with van der Waals surface area (Å²) in [6, 6.07) is 8.63. The van der Waals surface area contributed by atoms with Gasteiger partial charge in [-0.1, -0.05) is 52.3 Å². The number of benzene rings is 1. The van der Waals surface area contributed by atoms with Crippen LogP contribution < -0.4 is 0 Å². The second kappa shape index (κ2) is 5.80. The number of carbonyl (C=O) groups excluding carboxylic acids is 1. The summed E-state index contributed by atoms with van der Waals surface area (Å²) in [6.45, 7) is 4.97. The normalized spacial score (nSPS) is 14.8. The molecule has 1 aromatic carbocycles. The van der Waals surface area contributed by atoms with Crippen molar-refractivity contribution in [1.29, 1.82) is 0 Å². The van der Waals surface area contributed by atoms with E-state index in [4.69, 9.17) is 0 Å². The highest BCUT2D eigenvalue weighted by molar-refractivity contribution is 9.10. The minimum absolute atomic E-state index is 0.129. The van der Waals surface area contributed by atoms with E-state index < -0.39 is 14.2 Å². The van der Waals surface area contributed by atoms with Gasteiger partial charge in [0.1, 0.15) is 0 Å². The number of sulfone groups is 1. The van der Waals surface area contributed by atoms with Crippen LogP contribution in [-0.4, -0.2) is 30.0 Å². The van der Waals surface area contributed by atoms with E-state index in [1.807, 2.05) is 0 Å². The van der Waals surface area contributed by atoms with Crippen molar-refractivity contribution in [2.24, 2.45) is 0 Å². The Bertz CT molecular complexity index is 533. The first-order chi connectivity index (χ1) is 8.28. The van der Waals surface area contributed by atoms with Gasteiger partial charge in [-0.15, -0.1) is 6.58 Å². The van der Waals surface area contributed by atoms with Gasteiger partial charge in [0.2, 0.25) is 0 Å². The number of halogens is 1. The fourth-order valence-electron chi connectivity index (χ4n) is 1.61. The summed E-state index contributed by atoms with van der Waals surface area (Å²) in [7, 11) is -3.33. The number of ketones is 1. The largest absolute Gasteiger partial charge is 0.293 e. The lowest BCUT2D eigenvalue weighted by Crippen LogP contribution is -2.37. The quantitative estimate of drug-likeness (QED) is 0.457. The maximum absolute atomic E-state index is 12.2. The lowest BCUT2D eigenvalue weighted by Gasteiger charge is -2.20. The third-order valence-electron chi connectivity index (χ3n) is 2.37. The molecule has 0 saturated heterocycles. The molecule has 0 amide bonds. The van der Waals surface area contributed by atoms with Crippen LogP contribution in [0, 0.1) is 0 Å². The van der Waals surface area contributed by atoms with Crippen molar-refractivity contribution >= 4 is 31.6 Å². The molecular weight excluding hydrogens is 316 g/mol. The summed E-state index contributed by atoms with van der Waals surface area (Å²) < 4.78 is 22.3. The first-order valence-corrected chi connectivity index (χ1v) is 8.00. The van der Waals surface area contributed by atoms with Gasteiger partial charge in [0.15, 0.2) is 15.6 Å². The second-order valence-corrected chi connectivity index (χ2v) is 8.10. The Morgan fingerprint density at radius 3 is 2.44 bits per heavy atom. The van der Waals surface area contributed by atoms with Gasteiger partial charge in [0, 0.05) is 5.56 Å². The molecule has 0 aromatic heterocycles. The molecular formula is C13H15BrO3S. The van der Waals surface area contributed by atoms with Crippen molar-refractivity contribution in [2.45, 2.75) is 11.2 Å². The molecule has 0 spiro atoms. The van der Waals surface area contributed by atoms with Gasteiger partial charge in [-0.25, -0.2) is 8.42 Å². The van der Waals surface area contributed by atoms with Gasteiger partial charge < -0.3 is 0 Å². The third-order valence-corrected chi connectivity index (χ3v) is 5.14. The number of rotatable bonds is 6. The minimum atomic E-state index is -3.33. The lowest BCUT2D eigenvalue weighted by molar-refractivity contribution is 0.0962. The SMILES string of the molecule is C=CCS(=O)(=O)CC(C)(Br)C(=O)c1ccccc1. The van der Waals surface area contributed by atoms with Crippen LogP contribution in [0.25, 0.3) is 0 Å². The predicted octanol–water partition coefficient (Wildman–Crippen LogP) is 2.62. The summed E-state index contributed by atoms with van der Waals surface area (Å²) in [5.41, 5.74) is 0.491. The molecule has 0 radical (unpaired) electrons. The number of Topliss-reactive ketones (excluding diaryl/α,β-unsaturated/α-hetero) is 1. The molecule has 0 N–H and O–H groups in total. The van der Waals surface area contributed by atoms with Crippen LogP contribution >= 0.6 is 15.9 Å². The third kappa shape index (κ3) is 4.07. The molecule has 3 nitrogen and oxygen atoms in total. The second-order valence-electron chi connectivity index (χ2n) is 4.24. The topological polar surface area (TPSA) is 51.2 Å². The Labute approximate surface area is 116 Å². The molecule has 0 heterocycles. The summed E-state index contributed by atoms with van der Waals surface area (Å²) in [4.78, 5) is 12.2. The molecule has 1 unspecified atom stereocenters. The summed E-state index contributed by atoms with van der Waals surface area (Å²) in [5.74, 6) is -0.619. The first-order valence-electron chi connectivity index (χ1n) is 5.38. The van der Waals surface area contributed by atoms with E-state index in [-0.39, 0.29) is 17.3 Å². The molecule has 0 aliphatic carbocycles. The fourth-order valence-corrected chi connectivity index (χ4v) is 4.32. The number of carbonyl (C=O) groups is 1. The van der Waals surface area contributed by atoms with Crippen LogP contribution in [0.1, 0.15) is 17.3 Å². The minimum Gasteiger partial charge on any atom is -0.293 e. The molecule has 98 valence electrons. The molecule has 0 saturated carbocycles. The van der Waals surface area contributed by atoms with Gasteiger partial charge in [0.25, 0.3) is 0 Å². The molecule has 5 heteroatoms. The van der Waals surface area contributed by atoms with E-state index in [9.17, 15) is 13.2 Å². The smallest absolute Gasteiger partial charge is 0.180 e. The molecule has 0 fully saturated rings. The average molecular weight is 331 g/mol. The predicted molar refractivity (Wildman–Crippen MR) is 77.0 cm³/mol. The van der Waals surface area contributed by atoms with Crippen LogP contribution in [0.4, 0.5) is 0 Å². The van der Waals surface area contributed by atoms with Crippen LogP contribution in [0.5, 0.6) is 0 Å². The van der Waals surface area contributed by atoms with Crippen LogP contribution in [0.3, 0.4) is 0 Å². The summed E-state index contributed by atoms with van der Waals surface area (Å²) >= 11 is 3.23. The zero-order valence-corrected chi connectivity index (χ0v) is 12.5. The molecule has 0 aliphatic heterocycles. The van der Waals surface area contributed by atoms with Gasteiger partial charge in [0.05, 0.1) is 15.8 Å². The van der Waals surface area contributed by atoms with Gasteiger partial charge >= 0.3 is 0 Å². The van der Waals surface area contributed by atoms with Crippen molar-refractivity contribution in [3.63, 3.8) is 0 Å². The highest BCUT2D eigenvalue weighted by atomic mass is 79.9. The Hall–Kier alpha value is -0.940. The van der Waals surface area contributed by atoms with E-state index >= 15 is 0 Å². The highest BCUT2D eigenvalue weighted by Gasteiger charge is 2.35. The standard InChI is InChI=1S/C13H15BrO3S/c1-3-9-18(16,17)10-13(2,14)12(15)11-7-5-4-6-8-11/h3-8H,1,9-10H2,2H3. The van der Waals surface area contributed by atoms with Crippen molar-refractivity contribution in [2.75, 3.05) is 11.5 Å². The van der Waals surface area contributed by atoms with Crippen molar-refractivity contribution < 1.29 is 13.2 Å². The van der Waals surface area contributed by atoms with Crippen molar-refractivity contribution in [3.8, 4) is 0 Å². The number of alkyl halides is 1. The molecule has 0 bridgehead atoms. The Morgan fingerprint density at radius 1 is 1.39 bits per heavy atom. The monoisotopic (exact) mass is 330 g/mol. The Balaban J connectivity index is 2.94. The van der Waals surface area contributed by atoms with Crippen LogP contribution in [-0.2, 0) is 9.84 Å². The molecule has 18 heavy (non-hydrogen) atoms. The molecule has 0 aliphatic rings. The van der Waals surface area contributed by atoms with Gasteiger partial charge in [-0.3, -0.25) is 4.79 Å². The summed E-state index contributed by atoms with van der Waals surface area (Å²) in [5, 5.41) is 0. The molecule has 1 rings (SSSR count). The number of hydrogen-bond acceptors (Lipinski definition) is 3. The Kier molecular flexibility index (Phi) is 4.87. The maximum Gasteiger partial charge on any atom is 0.180 e. The zero-order chi connectivity index (χ0) is 13.8. The molecule has 1 atom stereocenters. The van der Waals surface area contributed by atoms with Crippen molar-refractivity contribution in [3.05, 3.63) is 48.6 Å². The molecule has 1 aromatic rings. The Morgan fingerprint density at radius 2 is 1.94 bits per heavy atom. The van der Waals surface area contributed by atoms with E-state index in [2.05, 4.69) is 22.5 Å². The van der Waals surface area contributed by atoms with Gasteiger partial charge in [-0.2, -0.15) is 0 Å². The lowest BCUT2D eigenvalue weighted by atomic mass is 10.0. The average Bonchev–Trinajstić information content (AvgIpc) is 2.27. The number of hydrogen-bond donors (Lipinski definition) is 0. The highest BCUT2D eigenvalue weighted by Crippen LogP contribution is 2.25. The first kappa shape index (κ1) is 15.1. The zero-order valence-electron chi connectivity index (χ0n) is 10.1. The van der Waals surface area contributed by atoms with E-state index in [0.717, 1.165) is 0 Å². The van der Waals surface area contributed by atoms with Crippen LogP contribution in [0.2, 0.25) is 0 Å². The van der Waals surface area contributed by atoms with E-state index in [1.54, 1.807) is 37.3 Å². The fraction of sp³-hybridized carbons (Fsp3) is 0.308. The van der Waals surface area contributed by atoms with E-state index in [0.29, 0.717) is 5.56 Å². The van der Waals surface area contributed by atoms with E-state index in [1.165, 1.54) is 6.08 Å². The van der Waals surface area contributed by atoms with Crippen LogP contribution in [0.15, 0.2) is 43.0 Å². The maximum atomic E-state index is 12.2. The van der Waals surface area contributed by atoms with Crippen molar-refractivity contribution in [1.82, 2.24) is 0 Å². The van der Waals surface area contributed by atoms with Gasteiger partial charge in [-0.05, 0) is 6.92 Å². The summed E-state index contributed by atoms with van der Waals surface area (Å²) in [6.07, 6.45) is 1.32.